The third-order valence-corrected chi connectivity index (χ3v) is 4.00. The van der Waals surface area contributed by atoms with Crippen molar-refractivity contribution in [1.82, 2.24) is 14.6 Å². The Kier molecular flexibility index (Phi) is 3.49. The maximum Gasteiger partial charge on any atom is 0.337 e. The number of halogens is 3. The number of carboxylic acid groups (broad SMARTS) is 1. The summed E-state index contributed by atoms with van der Waals surface area (Å²) in [4.78, 5) is 11.1. The highest BCUT2D eigenvalue weighted by Crippen LogP contribution is 2.33. The van der Waals surface area contributed by atoms with Crippen molar-refractivity contribution >= 4 is 46.4 Å². The molecule has 106 valence electrons. The predicted molar refractivity (Wildman–Crippen MR) is 80.4 cm³/mol. The van der Waals surface area contributed by atoms with Gasteiger partial charge >= 0.3 is 5.97 Å². The minimum atomic E-state index is -1.10. The van der Waals surface area contributed by atoms with E-state index >= 15 is 0 Å². The van der Waals surface area contributed by atoms with Crippen molar-refractivity contribution in [3.05, 3.63) is 51.1 Å². The summed E-state index contributed by atoms with van der Waals surface area (Å²) in [6, 6.07) is 6.39. The minimum absolute atomic E-state index is 0.0201. The molecule has 0 bridgehead atoms. The molecule has 1 aromatic carbocycles. The third kappa shape index (κ3) is 2.33. The van der Waals surface area contributed by atoms with E-state index < -0.39 is 5.97 Å². The van der Waals surface area contributed by atoms with E-state index in [0.29, 0.717) is 27.1 Å². The first-order valence-corrected chi connectivity index (χ1v) is 6.84. The van der Waals surface area contributed by atoms with Gasteiger partial charge in [-0.1, -0.05) is 40.9 Å². The lowest BCUT2D eigenvalue weighted by molar-refractivity contribution is 0.0696. The summed E-state index contributed by atoms with van der Waals surface area (Å²) in [5.74, 6) is -0.738. The first-order chi connectivity index (χ1) is 9.99. The van der Waals surface area contributed by atoms with E-state index in [4.69, 9.17) is 39.9 Å². The summed E-state index contributed by atoms with van der Waals surface area (Å²) >= 11 is 18.2. The Hall–Kier alpha value is -1.82. The number of rotatable bonds is 2. The van der Waals surface area contributed by atoms with E-state index in [-0.39, 0.29) is 10.6 Å². The van der Waals surface area contributed by atoms with Crippen LogP contribution in [-0.2, 0) is 0 Å². The fourth-order valence-corrected chi connectivity index (χ4v) is 2.56. The number of carbonyl (C=O) groups is 1. The summed E-state index contributed by atoms with van der Waals surface area (Å²) in [6.45, 7) is 0. The molecular weight excluding hydrogens is 337 g/mol. The Morgan fingerprint density at radius 1 is 1.14 bits per heavy atom. The number of nitrogens with zero attached hydrogens (tertiary/aromatic N) is 3. The van der Waals surface area contributed by atoms with Crippen molar-refractivity contribution in [3.8, 4) is 11.4 Å². The quantitative estimate of drug-likeness (QED) is 0.763. The number of aromatic nitrogens is 3. The molecule has 0 unspecified atom stereocenters. The number of pyridine rings is 1. The molecule has 0 amide bonds. The lowest BCUT2D eigenvalue weighted by Crippen LogP contribution is -2.00. The van der Waals surface area contributed by atoms with Gasteiger partial charge in [0.05, 0.1) is 20.6 Å². The molecular formula is C13H6Cl3N3O2. The standard InChI is InChI=1S/C13H6Cl3N3O2/c14-8-3-1-2-7(10(8)16)11-17-18-12-9(15)4-6(13(20)21)5-19(11)12/h1-5H,(H,20,21). The van der Waals surface area contributed by atoms with Gasteiger partial charge in [0.2, 0.25) is 0 Å². The molecule has 3 rings (SSSR count). The van der Waals surface area contributed by atoms with Crippen LogP contribution in [0.4, 0.5) is 0 Å². The van der Waals surface area contributed by atoms with Crippen molar-refractivity contribution < 1.29 is 9.90 Å². The molecule has 8 heteroatoms. The van der Waals surface area contributed by atoms with Gasteiger partial charge in [0, 0.05) is 11.8 Å². The highest BCUT2D eigenvalue weighted by Gasteiger charge is 2.17. The van der Waals surface area contributed by atoms with Gasteiger partial charge in [-0.25, -0.2) is 4.79 Å². The molecule has 0 fully saturated rings. The Balaban J connectivity index is 2.33. The van der Waals surface area contributed by atoms with Crippen LogP contribution in [0, 0.1) is 0 Å². The van der Waals surface area contributed by atoms with E-state index in [1.54, 1.807) is 18.2 Å². The van der Waals surface area contributed by atoms with Gasteiger partial charge in [-0.05, 0) is 18.2 Å². The molecule has 0 aliphatic heterocycles. The zero-order valence-electron chi connectivity index (χ0n) is 10.2. The van der Waals surface area contributed by atoms with Crippen LogP contribution in [0.25, 0.3) is 17.0 Å². The van der Waals surface area contributed by atoms with Crippen molar-refractivity contribution in [3.63, 3.8) is 0 Å². The molecule has 2 heterocycles. The number of hydrogen-bond donors (Lipinski definition) is 1. The van der Waals surface area contributed by atoms with Crippen molar-refractivity contribution in [2.45, 2.75) is 0 Å². The van der Waals surface area contributed by atoms with Gasteiger partial charge in [-0.2, -0.15) is 0 Å². The summed E-state index contributed by atoms with van der Waals surface area (Å²) < 4.78 is 1.48. The number of carboxylic acids is 1. The second-order valence-corrected chi connectivity index (χ2v) is 5.39. The first kappa shape index (κ1) is 14.1. The van der Waals surface area contributed by atoms with Crippen molar-refractivity contribution in [2.75, 3.05) is 0 Å². The minimum Gasteiger partial charge on any atom is -0.478 e. The Labute approximate surface area is 133 Å². The van der Waals surface area contributed by atoms with Crippen LogP contribution in [-0.4, -0.2) is 25.7 Å². The summed E-state index contributed by atoms with van der Waals surface area (Å²) in [5, 5.41) is 17.9. The SMILES string of the molecule is O=C(O)c1cc(Cl)c2nnc(-c3cccc(Cl)c3Cl)n2c1. The highest BCUT2D eigenvalue weighted by molar-refractivity contribution is 6.43. The zero-order chi connectivity index (χ0) is 15.1. The van der Waals surface area contributed by atoms with Crippen LogP contribution in [0.3, 0.4) is 0 Å². The van der Waals surface area contributed by atoms with Crippen LogP contribution in [0.5, 0.6) is 0 Å². The molecule has 0 aliphatic carbocycles. The van der Waals surface area contributed by atoms with Gasteiger partial charge < -0.3 is 5.11 Å². The van der Waals surface area contributed by atoms with Gasteiger partial charge in [0.15, 0.2) is 11.5 Å². The van der Waals surface area contributed by atoms with E-state index in [0.717, 1.165) is 0 Å². The van der Waals surface area contributed by atoms with Crippen LogP contribution in [0.15, 0.2) is 30.5 Å². The second kappa shape index (κ2) is 5.18. The molecule has 0 aliphatic rings. The van der Waals surface area contributed by atoms with Crippen LogP contribution < -0.4 is 0 Å². The Morgan fingerprint density at radius 2 is 1.90 bits per heavy atom. The van der Waals surface area contributed by atoms with Crippen LogP contribution in [0.2, 0.25) is 15.1 Å². The third-order valence-electron chi connectivity index (χ3n) is 2.90. The van der Waals surface area contributed by atoms with E-state index in [2.05, 4.69) is 10.2 Å². The maximum atomic E-state index is 11.1. The van der Waals surface area contributed by atoms with E-state index in [1.165, 1.54) is 16.7 Å². The van der Waals surface area contributed by atoms with Gasteiger partial charge in [-0.15, -0.1) is 10.2 Å². The van der Waals surface area contributed by atoms with Crippen LogP contribution >= 0.6 is 34.8 Å². The molecule has 0 atom stereocenters. The highest BCUT2D eigenvalue weighted by atomic mass is 35.5. The fourth-order valence-electron chi connectivity index (χ4n) is 1.93. The molecule has 1 N–H and O–H groups in total. The van der Waals surface area contributed by atoms with Gasteiger partial charge in [-0.3, -0.25) is 4.40 Å². The fraction of sp³-hybridized carbons (Fsp3) is 0. The monoisotopic (exact) mass is 341 g/mol. The molecule has 2 aromatic heterocycles. The number of benzene rings is 1. The lowest BCUT2D eigenvalue weighted by atomic mass is 10.2. The normalized spacial score (nSPS) is 11.0. The predicted octanol–water partition coefficient (Wildman–Crippen LogP) is 4.05. The van der Waals surface area contributed by atoms with Crippen molar-refractivity contribution in [2.24, 2.45) is 0 Å². The summed E-state index contributed by atoms with van der Waals surface area (Å²) in [7, 11) is 0. The number of aromatic carboxylic acids is 1. The Bertz CT molecular complexity index is 876. The largest absolute Gasteiger partial charge is 0.478 e. The van der Waals surface area contributed by atoms with Crippen LogP contribution in [0.1, 0.15) is 10.4 Å². The summed E-state index contributed by atoms with van der Waals surface area (Å²) in [5.41, 5.74) is 0.898. The molecule has 0 saturated heterocycles. The molecule has 21 heavy (non-hydrogen) atoms. The van der Waals surface area contributed by atoms with Gasteiger partial charge in [0.1, 0.15) is 0 Å². The molecule has 0 spiro atoms. The maximum absolute atomic E-state index is 11.1. The second-order valence-electron chi connectivity index (χ2n) is 4.20. The zero-order valence-corrected chi connectivity index (χ0v) is 12.5. The average Bonchev–Trinajstić information content (AvgIpc) is 2.86. The first-order valence-electron chi connectivity index (χ1n) is 5.71. The number of fused-ring (bicyclic) bond motifs is 1. The smallest absolute Gasteiger partial charge is 0.337 e. The lowest BCUT2D eigenvalue weighted by Gasteiger charge is -2.05. The van der Waals surface area contributed by atoms with E-state index in [1.807, 2.05) is 0 Å². The number of hydrogen-bond acceptors (Lipinski definition) is 3. The molecule has 3 aromatic rings. The average molecular weight is 343 g/mol. The Morgan fingerprint density at radius 3 is 2.62 bits per heavy atom. The molecule has 0 radical (unpaired) electrons. The van der Waals surface area contributed by atoms with E-state index in [9.17, 15) is 4.79 Å². The summed E-state index contributed by atoms with van der Waals surface area (Å²) in [6.07, 6.45) is 1.39. The topological polar surface area (TPSA) is 67.5 Å². The van der Waals surface area contributed by atoms with Gasteiger partial charge in [0.25, 0.3) is 0 Å². The molecule has 5 nitrogen and oxygen atoms in total. The van der Waals surface area contributed by atoms with Crippen molar-refractivity contribution in [1.29, 1.82) is 0 Å². The molecule has 0 saturated carbocycles.